The molecule has 0 saturated carbocycles. The van der Waals surface area contributed by atoms with Crippen LogP contribution in [-0.4, -0.2) is 5.71 Å². The Morgan fingerprint density at radius 3 is 2.79 bits per heavy atom. The first-order valence-corrected chi connectivity index (χ1v) is 6.46. The van der Waals surface area contributed by atoms with Crippen LogP contribution < -0.4 is 0 Å². The largest absolute Gasteiger partial charge is 0.258 e. The normalized spacial score (nSPS) is 11.2. The summed E-state index contributed by atoms with van der Waals surface area (Å²) < 4.78 is 0. The molecule has 1 rings (SSSR count). The minimum absolute atomic E-state index is 0.755. The van der Waals surface area contributed by atoms with Gasteiger partial charge in [0.05, 0.1) is 0 Å². The third kappa shape index (κ3) is 5.37. The molecule has 0 spiro atoms. The van der Waals surface area contributed by atoms with Crippen molar-refractivity contribution < 1.29 is 0 Å². The molecule has 1 heteroatoms. The van der Waals surface area contributed by atoms with Crippen molar-refractivity contribution in [1.29, 1.82) is 0 Å². The summed E-state index contributed by atoms with van der Waals surface area (Å²) in [5.74, 6) is 0. The van der Waals surface area contributed by atoms with Gasteiger partial charge in [0.15, 0.2) is 0 Å². The number of hydrogen-bond donors (Lipinski definition) is 0. The average molecular weight is 251 g/mol. The van der Waals surface area contributed by atoms with Gasteiger partial charge in [0.2, 0.25) is 0 Å². The maximum Gasteiger partial charge on any atom is 0.0450 e. The van der Waals surface area contributed by atoms with E-state index in [9.17, 15) is 0 Å². The summed E-state index contributed by atoms with van der Waals surface area (Å²) >= 11 is 0. The minimum atomic E-state index is 0.755. The van der Waals surface area contributed by atoms with Crippen LogP contribution in [-0.2, 0) is 0 Å². The Morgan fingerprint density at radius 1 is 1.37 bits per heavy atom. The summed E-state index contributed by atoms with van der Waals surface area (Å²) in [6.45, 7) is 10.1. The van der Waals surface area contributed by atoms with E-state index in [-0.39, 0.29) is 0 Å². The molecule has 0 N–H and O–H groups in total. The molecular weight excluding hydrogens is 230 g/mol. The van der Waals surface area contributed by atoms with Crippen LogP contribution in [0, 0.1) is 6.92 Å². The maximum absolute atomic E-state index is 4.55. The zero-order chi connectivity index (χ0) is 14.1. The standard InChI is InChI=1S/C18H21N/c1-5-6-7-8-9-13-16(3)19-17(4)18-14-11-10-12-15(18)2/h5,7-12,14H,3,13H2,1-2,4H3/b9-8-,19-17?. The number of hydrogen-bond acceptors (Lipinski definition) is 1. The summed E-state index contributed by atoms with van der Waals surface area (Å²) in [5, 5.41) is 0. The quantitative estimate of drug-likeness (QED) is 0.397. The number of aliphatic imine (C=N–C) groups is 1. The van der Waals surface area contributed by atoms with E-state index in [0.29, 0.717) is 0 Å². The molecule has 0 unspecified atom stereocenters. The first-order chi connectivity index (χ1) is 9.15. The minimum Gasteiger partial charge on any atom is -0.258 e. The molecular formula is C18H21N. The van der Waals surface area contributed by atoms with E-state index in [1.165, 1.54) is 11.1 Å². The number of rotatable bonds is 5. The predicted octanol–water partition coefficient (Wildman–Crippen LogP) is 5.00. The van der Waals surface area contributed by atoms with Crippen molar-refractivity contribution in [3.05, 3.63) is 77.7 Å². The Bertz CT molecular complexity index is 553. The van der Waals surface area contributed by atoms with Crippen LogP contribution in [0.5, 0.6) is 0 Å². The van der Waals surface area contributed by atoms with E-state index in [1.54, 1.807) is 0 Å². The van der Waals surface area contributed by atoms with Crippen LogP contribution in [0.3, 0.4) is 0 Å². The summed E-state index contributed by atoms with van der Waals surface area (Å²) in [4.78, 5) is 4.55. The van der Waals surface area contributed by atoms with Gasteiger partial charge in [-0.3, -0.25) is 4.99 Å². The fraction of sp³-hybridized carbons (Fsp3) is 0.222. The molecule has 0 radical (unpaired) electrons. The summed E-state index contributed by atoms with van der Waals surface area (Å²) in [5.41, 5.74) is 7.30. The topological polar surface area (TPSA) is 12.4 Å². The molecule has 0 aliphatic carbocycles. The smallest absolute Gasteiger partial charge is 0.0450 e. The van der Waals surface area contributed by atoms with E-state index in [4.69, 9.17) is 0 Å². The third-order valence-corrected chi connectivity index (χ3v) is 2.71. The zero-order valence-electron chi connectivity index (χ0n) is 12.0. The monoisotopic (exact) mass is 251 g/mol. The van der Waals surface area contributed by atoms with Crippen molar-refractivity contribution in [2.24, 2.45) is 4.99 Å². The third-order valence-electron chi connectivity index (χ3n) is 2.71. The first kappa shape index (κ1) is 14.9. The molecule has 0 aromatic heterocycles. The second-order valence-electron chi connectivity index (χ2n) is 4.33. The highest BCUT2D eigenvalue weighted by atomic mass is 14.7. The maximum atomic E-state index is 4.55. The lowest BCUT2D eigenvalue weighted by Gasteiger charge is -2.05. The molecule has 0 fully saturated rings. The Balaban J connectivity index is 2.69. The lowest BCUT2D eigenvalue weighted by Crippen LogP contribution is -1.98. The molecule has 0 aliphatic heterocycles. The second kappa shape index (κ2) is 8.07. The van der Waals surface area contributed by atoms with E-state index in [1.807, 2.05) is 50.3 Å². The van der Waals surface area contributed by atoms with Gasteiger partial charge in [0.1, 0.15) is 0 Å². The highest BCUT2D eigenvalue weighted by Crippen LogP contribution is 2.11. The van der Waals surface area contributed by atoms with E-state index >= 15 is 0 Å². The molecule has 1 aromatic carbocycles. The number of benzene rings is 1. The zero-order valence-corrected chi connectivity index (χ0v) is 12.0. The van der Waals surface area contributed by atoms with Gasteiger partial charge in [-0.05, 0) is 44.1 Å². The van der Waals surface area contributed by atoms with Crippen molar-refractivity contribution >= 4 is 5.71 Å². The van der Waals surface area contributed by atoms with Gasteiger partial charge in [-0.25, -0.2) is 0 Å². The number of nitrogens with zero attached hydrogens (tertiary/aromatic N) is 1. The van der Waals surface area contributed by atoms with E-state index in [0.717, 1.165) is 17.8 Å². The first-order valence-electron chi connectivity index (χ1n) is 6.46. The highest BCUT2D eigenvalue weighted by molar-refractivity contribution is 6.00. The number of aryl methyl sites for hydroxylation is 1. The molecule has 1 nitrogen and oxygen atoms in total. The SMILES string of the molecule is C=C(C/C=C\C=C=CC)N=C(C)c1ccccc1C. The van der Waals surface area contributed by atoms with Crippen LogP contribution >= 0.6 is 0 Å². The lowest BCUT2D eigenvalue weighted by atomic mass is 10.1. The molecule has 98 valence electrons. The average Bonchev–Trinajstić information content (AvgIpc) is 2.39. The molecule has 0 aliphatic rings. The van der Waals surface area contributed by atoms with Crippen LogP contribution in [0.25, 0.3) is 0 Å². The van der Waals surface area contributed by atoms with Gasteiger partial charge >= 0.3 is 0 Å². The van der Waals surface area contributed by atoms with Crippen molar-refractivity contribution in [2.45, 2.75) is 27.2 Å². The highest BCUT2D eigenvalue weighted by Gasteiger charge is 2.00. The summed E-state index contributed by atoms with van der Waals surface area (Å²) in [7, 11) is 0. The van der Waals surface area contributed by atoms with Crippen LogP contribution in [0.15, 0.2) is 71.6 Å². The van der Waals surface area contributed by atoms with Crippen molar-refractivity contribution in [3.63, 3.8) is 0 Å². The van der Waals surface area contributed by atoms with Crippen molar-refractivity contribution in [3.8, 4) is 0 Å². The van der Waals surface area contributed by atoms with Crippen LogP contribution in [0.2, 0.25) is 0 Å². The van der Waals surface area contributed by atoms with Crippen LogP contribution in [0.1, 0.15) is 31.4 Å². The molecule has 0 amide bonds. The fourth-order valence-corrected chi connectivity index (χ4v) is 1.75. The Morgan fingerprint density at radius 2 is 2.11 bits per heavy atom. The fourth-order valence-electron chi connectivity index (χ4n) is 1.75. The van der Waals surface area contributed by atoms with E-state index in [2.05, 4.69) is 36.4 Å². The Hall–Kier alpha value is -2.11. The van der Waals surface area contributed by atoms with Crippen molar-refractivity contribution in [1.82, 2.24) is 0 Å². The molecule has 0 heterocycles. The lowest BCUT2D eigenvalue weighted by molar-refractivity contribution is 1.17. The van der Waals surface area contributed by atoms with Gasteiger partial charge in [-0.1, -0.05) is 43.0 Å². The summed E-state index contributed by atoms with van der Waals surface area (Å²) in [6.07, 6.45) is 8.51. The molecule has 0 atom stereocenters. The van der Waals surface area contributed by atoms with Gasteiger partial charge in [-0.2, -0.15) is 0 Å². The molecule has 1 aromatic rings. The number of allylic oxidation sites excluding steroid dienone is 3. The van der Waals surface area contributed by atoms with Crippen LogP contribution in [0.4, 0.5) is 0 Å². The van der Waals surface area contributed by atoms with Gasteiger partial charge in [0.25, 0.3) is 0 Å². The summed E-state index contributed by atoms with van der Waals surface area (Å²) in [6, 6.07) is 8.26. The Labute approximate surface area is 116 Å². The molecule has 0 saturated heterocycles. The van der Waals surface area contributed by atoms with E-state index < -0.39 is 0 Å². The second-order valence-corrected chi connectivity index (χ2v) is 4.33. The Kier molecular flexibility index (Phi) is 6.35. The van der Waals surface area contributed by atoms with Gasteiger partial charge < -0.3 is 0 Å². The molecule has 0 bridgehead atoms. The van der Waals surface area contributed by atoms with Gasteiger partial charge in [0, 0.05) is 17.8 Å². The predicted molar refractivity (Wildman–Crippen MR) is 84.6 cm³/mol. The molecule has 19 heavy (non-hydrogen) atoms. The van der Waals surface area contributed by atoms with Crippen molar-refractivity contribution in [2.75, 3.05) is 0 Å². The van der Waals surface area contributed by atoms with Gasteiger partial charge in [-0.15, -0.1) is 5.73 Å².